The van der Waals surface area contributed by atoms with E-state index < -0.39 is 5.82 Å². The highest BCUT2D eigenvalue weighted by atomic mass is 35.5. The quantitative estimate of drug-likeness (QED) is 0.431. The van der Waals surface area contributed by atoms with Gasteiger partial charge < -0.3 is 14.4 Å². The zero-order valence-corrected chi connectivity index (χ0v) is 19.7. The van der Waals surface area contributed by atoms with Crippen molar-refractivity contribution in [1.82, 2.24) is 24.1 Å². The van der Waals surface area contributed by atoms with E-state index in [4.69, 9.17) is 26.1 Å². The number of benzene rings is 1. The molecular formula is C24H22ClFN6O3. The summed E-state index contributed by atoms with van der Waals surface area (Å²) in [4.78, 5) is 25.0. The SMILES string of the molecule is Cn1cc([C@H]2CN(c3cn4c(=O)c5c(nc4c(-c4ccc(Cl)cc4F)n3)COCC5)CCO2)cn1. The summed E-state index contributed by atoms with van der Waals surface area (Å²) < 4.78 is 29.7. The Kier molecular flexibility index (Phi) is 5.51. The molecule has 3 aromatic heterocycles. The molecule has 0 aliphatic carbocycles. The van der Waals surface area contributed by atoms with E-state index in [9.17, 15) is 4.79 Å². The third-order valence-electron chi connectivity index (χ3n) is 6.39. The van der Waals surface area contributed by atoms with Gasteiger partial charge in [-0.2, -0.15) is 5.10 Å². The van der Waals surface area contributed by atoms with Crippen LogP contribution in [-0.2, 0) is 29.5 Å². The van der Waals surface area contributed by atoms with Crippen LogP contribution in [0.4, 0.5) is 10.2 Å². The fourth-order valence-electron chi connectivity index (χ4n) is 4.60. The molecule has 2 aliphatic rings. The minimum Gasteiger partial charge on any atom is -0.375 e. The number of nitrogens with zero attached hydrogens (tertiary/aromatic N) is 6. The lowest BCUT2D eigenvalue weighted by Gasteiger charge is -2.33. The maximum Gasteiger partial charge on any atom is 0.261 e. The molecule has 1 aromatic carbocycles. The Labute approximate surface area is 204 Å². The van der Waals surface area contributed by atoms with Gasteiger partial charge in [-0.1, -0.05) is 11.6 Å². The van der Waals surface area contributed by atoms with Crippen LogP contribution in [-0.4, -0.2) is 50.5 Å². The van der Waals surface area contributed by atoms with Crippen LogP contribution < -0.4 is 10.5 Å². The first kappa shape index (κ1) is 22.1. The second-order valence-electron chi connectivity index (χ2n) is 8.66. The number of aryl methyl sites for hydroxylation is 1. The number of rotatable bonds is 3. The van der Waals surface area contributed by atoms with E-state index in [2.05, 4.69) is 10.1 Å². The lowest BCUT2D eigenvalue weighted by Crippen LogP contribution is -2.39. The summed E-state index contributed by atoms with van der Waals surface area (Å²) >= 11 is 6.00. The Morgan fingerprint density at radius 2 is 2.09 bits per heavy atom. The summed E-state index contributed by atoms with van der Waals surface area (Å²) in [7, 11) is 1.85. The first-order chi connectivity index (χ1) is 17.0. The van der Waals surface area contributed by atoms with Crippen LogP contribution >= 0.6 is 11.6 Å². The van der Waals surface area contributed by atoms with Gasteiger partial charge in [0.15, 0.2) is 5.65 Å². The molecule has 9 nitrogen and oxygen atoms in total. The molecule has 0 radical (unpaired) electrons. The molecule has 5 heterocycles. The largest absolute Gasteiger partial charge is 0.375 e. The summed E-state index contributed by atoms with van der Waals surface area (Å²) in [6, 6.07) is 4.38. The molecule has 0 N–H and O–H groups in total. The molecule has 1 saturated heterocycles. The van der Waals surface area contributed by atoms with Gasteiger partial charge in [-0.05, 0) is 18.2 Å². The topological polar surface area (TPSA) is 86.8 Å². The first-order valence-corrected chi connectivity index (χ1v) is 11.7. The lowest BCUT2D eigenvalue weighted by atomic mass is 10.1. The normalized spacial score (nSPS) is 18.1. The number of halogens is 2. The molecule has 6 rings (SSSR count). The van der Waals surface area contributed by atoms with E-state index in [0.29, 0.717) is 49.8 Å². The van der Waals surface area contributed by atoms with Gasteiger partial charge in [0, 0.05) is 47.9 Å². The average Bonchev–Trinajstić information content (AvgIpc) is 3.30. The van der Waals surface area contributed by atoms with E-state index in [0.717, 1.165) is 5.56 Å². The van der Waals surface area contributed by atoms with E-state index in [1.54, 1.807) is 29.2 Å². The van der Waals surface area contributed by atoms with Crippen LogP contribution in [0.25, 0.3) is 16.9 Å². The van der Waals surface area contributed by atoms with Gasteiger partial charge in [-0.3, -0.25) is 13.9 Å². The molecule has 0 bridgehead atoms. The van der Waals surface area contributed by atoms with E-state index in [1.807, 2.05) is 18.1 Å². The van der Waals surface area contributed by atoms with Gasteiger partial charge in [0.1, 0.15) is 23.4 Å². The van der Waals surface area contributed by atoms with Crippen molar-refractivity contribution >= 4 is 23.1 Å². The number of morpholine rings is 1. The highest BCUT2D eigenvalue weighted by molar-refractivity contribution is 6.30. The summed E-state index contributed by atoms with van der Waals surface area (Å²) in [5.74, 6) is -0.00238. The lowest BCUT2D eigenvalue weighted by molar-refractivity contribution is 0.0394. The zero-order chi connectivity index (χ0) is 24.1. The molecule has 0 amide bonds. The van der Waals surface area contributed by atoms with E-state index >= 15 is 4.39 Å². The fourth-order valence-corrected chi connectivity index (χ4v) is 4.76. The van der Waals surface area contributed by atoms with Crippen molar-refractivity contribution in [2.45, 2.75) is 19.1 Å². The molecular weight excluding hydrogens is 475 g/mol. The van der Waals surface area contributed by atoms with Crippen LogP contribution in [0.5, 0.6) is 0 Å². The van der Waals surface area contributed by atoms with Crippen molar-refractivity contribution in [3.63, 3.8) is 0 Å². The second kappa shape index (κ2) is 8.71. The third-order valence-corrected chi connectivity index (χ3v) is 6.62. The molecule has 4 aromatic rings. The Morgan fingerprint density at radius 3 is 2.89 bits per heavy atom. The number of hydrogen-bond acceptors (Lipinski definition) is 7. The highest BCUT2D eigenvalue weighted by Gasteiger charge is 2.27. The zero-order valence-electron chi connectivity index (χ0n) is 18.9. The molecule has 1 fully saturated rings. The molecule has 2 aliphatic heterocycles. The predicted octanol–water partition coefficient (Wildman–Crippen LogP) is 2.93. The fraction of sp³-hybridized carbons (Fsp3) is 0.333. The van der Waals surface area contributed by atoms with Crippen molar-refractivity contribution in [3.05, 3.63) is 74.8 Å². The van der Waals surface area contributed by atoms with Crippen molar-refractivity contribution in [2.24, 2.45) is 7.05 Å². The molecule has 11 heteroatoms. The maximum absolute atomic E-state index is 15.1. The molecule has 35 heavy (non-hydrogen) atoms. The maximum atomic E-state index is 15.1. The van der Waals surface area contributed by atoms with Crippen molar-refractivity contribution in [1.29, 1.82) is 0 Å². The minimum absolute atomic E-state index is 0.190. The molecule has 0 saturated carbocycles. The van der Waals surface area contributed by atoms with E-state index in [1.165, 1.54) is 10.5 Å². The minimum atomic E-state index is -0.539. The summed E-state index contributed by atoms with van der Waals surface area (Å²) in [5.41, 5.74) is 2.71. The second-order valence-corrected chi connectivity index (χ2v) is 9.10. The smallest absolute Gasteiger partial charge is 0.261 e. The number of anilines is 1. The van der Waals surface area contributed by atoms with Gasteiger partial charge in [0.05, 0.1) is 44.5 Å². The number of fused-ring (bicyclic) bond motifs is 2. The Bertz CT molecular complexity index is 1500. The van der Waals surface area contributed by atoms with Crippen LogP contribution in [0.3, 0.4) is 0 Å². The summed E-state index contributed by atoms with van der Waals surface area (Å²) in [5, 5.41) is 4.51. The molecule has 180 valence electrons. The summed E-state index contributed by atoms with van der Waals surface area (Å²) in [6.07, 6.45) is 5.65. The number of hydrogen-bond donors (Lipinski definition) is 0. The van der Waals surface area contributed by atoms with Crippen LogP contribution in [0.1, 0.15) is 22.9 Å². The summed E-state index contributed by atoms with van der Waals surface area (Å²) in [6.45, 7) is 2.25. The predicted molar refractivity (Wildman–Crippen MR) is 127 cm³/mol. The Morgan fingerprint density at radius 1 is 1.20 bits per heavy atom. The van der Waals surface area contributed by atoms with Crippen molar-refractivity contribution in [2.75, 3.05) is 31.2 Å². The van der Waals surface area contributed by atoms with Crippen LogP contribution in [0, 0.1) is 5.82 Å². The monoisotopic (exact) mass is 496 g/mol. The Balaban J connectivity index is 1.52. The van der Waals surface area contributed by atoms with Crippen molar-refractivity contribution in [3.8, 4) is 11.3 Å². The first-order valence-electron chi connectivity index (χ1n) is 11.3. The van der Waals surface area contributed by atoms with Crippen molar-refractivity contribution < 1.29 is 13.9 Å². The average molecular weight is 497 g/mol. The third kappa shape index (κ3) is 3.97. The van der Waals surface area contributed by atoms with E-state index in [-0.39, 0.29) is 40.2 Å². The molecule has 1 atom stereocenters. The number of aromatic nitrogens is 5. The van der Waals surface area contributed by atoms with Gasteiger partial charge in [0.2, 0.25) is 0 Å². The van der Waals surface area contributed by atoms with Gasteiger partial charge in [0.25, 0.3) is 5.56 Å². The highest BCUT2D eigenvalue weighted by Crippen LogP contribution is 2.31. The molecule has 0 unspecified atom stereocenters. The Hall–Kier alpha value is -3.34. The standard InChI is InChI=1S/C24H22ClFN6O3/c1-30-10-14(9-27-30)20-11-31(5-7-35-20)21-12-32-23(28-19-13-34-6-4-17(19)24(32)33)22(29-21)16-3-2-15(25)8-18(16)26/h2-3,8-10,12,20H,4-7,11,13H2,1H3/t20-/m1/s1. The van der Waals surface area contributed by atoms with Gasteiger partial charge >= 0.3 is 0 Å². The van der Waals surface area contributed by atoms with Gasteiger partial charge in [-0.15, -0.1) is 0 Å². The molecule has 0 spiro atoms. The van der Waals surface area contributed by atoms with Gasteiger partial charge in [-0.25, -0.2) is 14.4 Å². The van der Waals surface area contributed by atoms with Crippen LogP contribution in [0.15, 0.2) is 41.6 Å². The number of ether oxygens (including phenoxy) is 2. The van der Waals surface area contributed by atoms with Crippen LogP contribution in [0.2, 0.25) is 5.02 Å².